The second-order valence-corrected chi connectivity index (χ2v) is 4.97. The van der Waals surface area contributed by atoms with Crippen LogP contribution in [0.15, 0.2) is 18.2 Å². The first kappa shape index (κ1) is 14.6. The highest BCUT2D eigenvalue weighted by Crippen LogP contribution is 2.11. The summed E-state index contributed by atoms with van der Waals surface area (Å²) in [4.78, 5) is 11.1. The summed E-state index contributed by atoms with van der Waals surface area (Å²) in [6.45, 7) is 6.23. The van der Waals surface area contributed by atoms with Gasteiger partial charge in [0.1, 0.15) is 11.9 Å². The molecule has 0 aliphatic rings. The Morgan fingerprint density at radius 1 is 1.44 bits per heavy atom. The number of rotatable bonds is 6. The number of hydrogen-bond donors (Lipinski definition) is 2. The van der Waals surface area contributed by atoms with Crippen LogP contribution in [0.4, 0.5) is 4.39 Å². The van der Waals surface area contributed by atoms with E-state index in [9.17, 15) is 9.18 Å². The summed E-state index contributed by atoms with van der Waals surface area (Å²) in [6, 6.07) is 3.97. The van der Waals surface area contributed by atoms with Crippen molar-refractivity contribution in [2.75, 3.05) is 0 Å². The fourth-order valence-electron chi connectivity index (χ4n) is 1.83. The molecule has 100 valence electrons. The lowest BCUT2D eigenvalue weighted by molar-refractivity contribution is -0.140. The molecule has 0 heterocycles. The number of carbonyl (C=O) groups is 1. The Morgan fingerprint density at radius 2 is 2.11 bits per heavy atom. The van der Waals surface area contributed by atoms with Crippen molar-refractivity contribution < 1.29 is 14.3 Å². The zero-order chi connectivity index (χ0) is 13.7. The average Bonchev–Trinajstić information content (AvgIpc) is 2.25. The summed E-state index contributed by atoms with van der Waals surface area (Å²) in [5.74, 6) is -0.801. The highest BCUT2D eigenvalue weighted by molar-refractivity contribution is 5.73. The molecular formula is C14H20FNO2. The maximum atomic E-state index is 12.9. The van der Waals surface area contributed by atoms with Gasteiger partial charge in [-0.3, -0.25) is 4.79 Å². The number of hydrogen-bond acceptors (Lipinski definition) is 2. The molecule has 0 fully saturated rings. The molecule has 0 amide bonds. The zero-order valence-electron chi connectivity index (χ0n) is 11.0. The van der Waals surface area contributed by atoms with Crippen molar-refractivity contribution in [3.63, 3.8) is 0 Å². The SMILES string of the molecule is Cc1cc(F)ccc1CNC(CC(C)C)C(=O)O. The fraction of sp³-hybridized carbons (Fsp3) is 0.500. The summed E-state index contributed by atoms with van der Waals surface area (Å²) in [7, 11) is 0. The number of carboxylic acid groups (broad SMARTS) is 1. The Morgan fingerprint density at radius 3 is 2.61 bits per heavy atom. The van der Waals surface area contributed by atoms with Crippen LogP contribution in [0.1, 0.15) is 31.4 Å². The predicted octanol–water partition coefficient (Wildman–Crippen LogP) is 2.72. The van der Waals surface area contributed by atoms with Crippen molar-refractivity contribution in [1.29, 1.82) is 0 Å². The highest BCUT2D eigenvalue weighted by atomic mass is 19.1. The van der Waals surface area contributed by atoms with Gasteiger partial charge < -0.3 is 10.4 Å². The minimum atomic E-state index is -0.844. The predicted molar refractivity (Wildman–Crippen MR) is 68.9 cm³/mol. The normalized spacial score (nSPS) is 12.7. The third-order valence-electron chi connectivity index (χ3n) is 2.85. The molecule has 0 aliphatic heterocycles. The molecule has 0 aromatic heterocycles. The molecule has 4 heteroatoms. The van der Waals surface area contributed by atoms with E-state index in [1.54, 1.807) is 6.07 Å². The summed E-state index contributed by atoms with van der Waals surface area (Å²) in [5.41, 5.74) is 1.75. The largest absolute Gasteiger partial charge is 0.480 e. The molecule has 3 nitrogen and oxygen atoms in total. The molecule has 0 aliphatic carbocycles. The van der Waals surface area contributed by atoms with Crippen LogP contribution in [0.5, 0.6) is 0 Å². The van der Waals surface area contributed by atoms with Gasteiger partial charge in [0.2, 0.25) is 0 Å². The van der Waals surface area contributed by atoms with Crippen LogP contribution >= 0.6 is 0 Å². The van der Waals surface area contributed by atoms with Gasteiger partial charge in [-0.2, -0.15) is 0 Å². The van der Waals surface area contributed by atoms with Crippen molar-refractivity contribution in [3.05, 3.63) is 35.1 Å². The van der Waals surface area contributed by atoms with E-state index in [1.807, 2.05) is 20.8 Å². The molecule has 1 aromatic rings. The number of benzene rings is 1. The summed E-state index contributed by atoms with van der Waals surface area (Å²) in [6.07, 6.45) is 0.579. The van der Waals surface area contributed by atoms with Gasteiger partial charge in [-0.15, -0.1) is 0 Å². The van der Waals surface area contributed by atoms with Gasteiger partial charge in [0, 0.05) is 6.54 Å². The first-order valence-corrected chi connectivity index (χ1v) is 6.11. The third kappa shape index (κ3) is 4.45. The second kappa shape index (κ2) is 6.50. The van der Waals surface area contributed by atoms with E-state index >= 15 is 0 Å². The fourth-order valence-corrected chi connectivity index (χ4v) is 1.83. The van der Waals surface area contributed by atoms with Crippen LogP contribution in [-0.4, -0.2) is 17.1 Å². The van der Waals surface area contributed by atoms with Crippen LogP contribution in [0, 0.1) is 18.7 Å². The topological polar surface area (TPSA) is 49.3 Å². The van der Waals surface area contributed by atoms with Crippen molar-refractivity contribution in [3.8, 4) is 0 Å². The second-order valence-electron chi connectivity index (χ2n) is 4.97. The van der Waals surface area contributed by atoms with E-state index in [2.05, 4.69) is 5.32 Å². The summed E-state index contributed by atoms with van der Waals surface area (Å²) >= 11 is 0. The van der Waals surface area contributed by atoms with Gasteiger partial charge in [0.05, 0.1) is 0 Å². The standard InChI is InChI=1S/C14H20FNO2/c1-9(2)6-13(14(17)18)16-8-11-4-5-12(15)7-10(11)3/h4-5,7,9,13,16H,6,8H2,1-3H3,(H,17,18). The van der Waals surface area contributed by atoms with Crippen LogP contribution < -0.4 is 5.32 Å². The molecule has 2 N–H and O–H groups in total. The van der Waals surface area contributed by atoms with Crippen LogP contribution in [-0.2, 0) is 11.3 Å². The van der Waals surface area contributed by atoms with Gasteiger partial charge in [0.25, 0.3) is 0 Å². The molecule has 1 atom stereocenters. The monoisotopic (exact) mass is 253 g/mol. The smallest absolute Gasteiger partial charge is 0.320 e. The first-order chi connectivity index (χ1) is 8.40. The highest BCUT2D eigenvalue weighted by Gasteiger charge is 2.18. The Balaban J connectivity index is 2.64. The lowest BCUT2D eigenvalue weighted by Gasteiger charge is -2.17. The number of aliphatic carboxylic acids is 1. The molecule has 0 saturated carbocycles. The van der Waals surface area contributed by atoms with Crippen molar-refractivity contribution >= 4 is 5.97 Å². The molecule has 1 rings (SSSR count). The van der Waals surface area contributed by atoms with E-state index < -0.39 is 12.0 Å². The minimum Gasteiger partial charge on any atom is -0.480 e. The van der Waals surface area contributed by atoms with E-state index in [0.717, 1.165) is 11.1 Å². The Kier molecular flexibility index (Phi) is 5.28. The molecule has 0 spiro atoms. The molecule has 18 heavy (non-hydrogen) atoms. The van der Waals surface area contributed by atoms with Crippen molar-refractivity contribution in [2.45, 2.75) is 39.8 Å². The van der Waals surface area contributed by atoms with Crippen molar-refractivity contribution in [2.24, 2.45) is 5.92 Å². The summed E-state index contributed by atoms with van der Waals surface area (Å²) in [5, 5.41) is 12.1. The molecule has 0 bridgehead atoms. The third-order valence-corrected chi connectivity index (χ3v) is 2.85. The minimum absolute atomic E-state index is 0.270. The van der Waals surface area contributed by atoms with Gasteiger partial charge in [-0.1, -0.05) is 19.9 Å². The number of carboxylic acids is 1. The van der Waals surface area contributed by atoms with E-state index in [-0.39, 0.29) is 5.82 Å². The molecule has 1 aromatic carbocycles. The van der Waals surface area contributed by atoms with Gasteiger partial charge >= 0.3 is 5.97 Å². The number of halogens is 1. The van der Waals surface area contributed by atoms with E-state index in [4.69, 9.17) is 5.11 Å². The number of nitrogens with one attached hydrogen (secondary N) is 1. The quantitative estimate of drug-likeness (QED) is 0.819. The maximum absolute atomic E-state index is 12.9. The van der Waals surface area contributed by atoms with Gasteiger partial charge in [-0.25, -0.2) is 4.39 Å². The molecule has 0 radical (unpaired) electrons. The maximum Gasteiger partial charge on any atom is 0.320 e. The first-order valence-electron chi connectivity index (χ1n) is 6.11. The summed E-state index contributed by atoms with van der Waals surface area (Å²) < 4.78 is 12.9. The Hall–Kier alpha value is -1.42. The van der Waals surface area contributed by atoms with Gasteiger partial charge in [-0.05, 0) is 42.5 Å². The lowest BCUT2D eigenvalue weighted by atomic mass is 10.0. The van der Waals surface area contributed by atoms with Crippen LogP contribution in [0.3, 0.4) is 0 Å². The van der Waals surface area contributed by atoms with E-state index in [1.165, 1.54) is 12.1 Å². The molecule has 0 saturated heterocycles. The van der Waals surface area contributed by atoms with Crippen LogP contribution in [0.2, 0.25) is 0 Å². The molecular weight excluding hydrogens is 233 g/mol. The Bertz CT molecular complexity index is 418. The Labute approximate surface area is 107 Å². The average molecular weight is 253 g/mol. The van der Waals surface area contributed by atoms with Crippen molar-refractivity contribution in [1.82, 2.24) is 5.32 Å². The number of aryl methyl sites for hydroxylation is 1. The van der Waals surface area contributed by atoms with E-state index in [0.29, 0.717) is 18.9 Å². The van der Waals surface area contributed by atoms with Crippen LogP contribution in [0.25, 0.3) is 0 Å². The van der Waals surface area contributed by atoms with Gasteiger partial charge in [0.15, 0.2) is 0 Å². The zero-order valence-corrected chi connectivity index (χ0v) is 11.0. The lowest BCUT2D eigenvalue weighted by Crippen LogP contribution is -2.37. The molecule has 1 unspecified atom stereocenters.